The Morgan fingerprint density at radius 1 is 0.952 bits per heavy atom. The van der Waals surface area contributed by atoms with Gasteiger partial charge >= 0.3 is 140 Å². The third-order valence-electron chi connectivity index (χ3n) is 3.58. The third-order valence-corrected chi connectivity index (χ3v) is 27.7. The molecule has 21 heavy (non-hydrogen) atoms. The standard InChI is InChI=1S/C16H18AsOPS2/c1-3-19(20,4-2)21-17-13-9-5-7-11-15(13)18-16-12-8-6-10-14(16)17/h5-12H,3-4H2,1-2H3. The molecule has 3 rings (SSSR count). The van der Waals surface area contributed by atoms with Crippen LogP contribution >= 0.6 is 14.9 Å². The van der Waals surface area contributed by atoms with E-state index in [2.05, 4.69) is 72.0 Å². The van der Waals surface area contributed by atoms with E-state index in [-0.39, 0.29) is 0 Å². The van der Waals surface area contributed by atoms with E-state index in [9.17, 15) is 0 Å². The summed E-state index contributed by atoms with van der Waals surface area (Å²) in [5.41, 5.74) is 0. The summed E-state index contributed by atoms with van der Waals surface area (Å²) in [6.45, 7) is 4.51. The summed E-state index contributed by atoms with van der Waals surface area (Å²) < 4.78 is 8.91. The molecule has 0 spiro atoms. The first-order valence-corrected chi connectivity index (χ1v) is 15.8. The fourth-order valence-corrected chi connectivity index (χ4v) is 26.3. The van der Waals surface area contributed by atoms with Crippen LogP contribution in [0.15, 0.2) is 48.5 Å². The van der Waals surface area contributed by atoms with Gasteiger partial charge in [-0.05, 0) is 0 Å². The summed E-state index contributed by atoms with van der Waals surface area (Å²) >= 11 is 4.59. The molecule has 0 aromatic heterocycles. The number of para-hydroxylation sites is 2. The zero-order valence-corrected chi connectivity index (χ0v) is 16.6. The summed E-state index contributed by atoms with van der Waals surface area (Å²) in [6.07, 6.45) is 2.28. The van der Waals surface area contributed by atoms with Crippen molar-refractivity contribution in [3.63, 3.8) is 0 Å². The van der Waals surface area contributed by atoms with Gasteiger partial charge in [-0.3, -0.25) is 0 Å². The van der Waals surface area contributed by atoms with Crippen molar-refractivity contribution in [2.24, 2.45) is 0 Å². The maximum atomic E-state index is 6.09. The third kappa shape index (κ3) is 3.13. The average molecular weight is 396 g/mol. The minimum absolute atomic E-state index is 1.04. The van der Waals surface area contributed by atoms with Crippen LogP contribution < -0.4 is 13.4 Å². The van der Waals surface area contributed by atoms with E-state index >= 15 is 0 Å². The normalized spacial score (nSPS) is 14.2. The summed E-state index contributed by atoms with van der Waals surface area (Å²) in [6, 6.07) is 17.0. The maximum absolute atomic E-state index is 6.09. The van der Waals surface area contributed by atoms with Gasteiger partial charge in [0.05, 0.1) is 0 Å². The van der Waals surface area contributed by atoms with Gasteiger partial charge in [0.15, 0.2) is 0 Å². The van der Waals surface area contributed by atoms with E-state index in [4.69, 9.17) is 16.5 Å². The quantitative estimate of drug-likeness (QED) is 0.570. The molecule has 0 bridgehead atoms. The first-order chi connectivity index (χ1) is 10.2. The fraction of sp³-hybridized carbons (Fsp3) is 0.250. The van der Waals surface area contributed by atoms with E-state index in [1.807, 2.05) is 0 Å². The van der Waals surface area contributed by atoms with Crippen LogP contribution in [0.2, 0.25) is 0 Å². The predicted octanol–water partition coefficient (Wildman–Crippen LogP) is 4.07. The number of hydrogen-bond acceptors (Lipinski definition) is 3. The van der Waals surface area contributed by atoms with Crippen molar-refractivity contribution in [2.45, 2.75) is 13.8 Å². The zero-order chi connectivity index (χ0) is 14.9. The fourth-order valence-electron chi connectivity index (χ4n) is 2.25. The van der Waals surface area contributed by atoms with Crippen LogP contribution in [-0.2, 0) is 11.8 Å². The first kappa shape index (κ1) is 15.7. The average Bonchev–Trinajstić information content (AvgIpc) is 2.54. The molecule has 0 saturated carbocycles. The Kier molecular flexibility index (Phi) is 4.86. The van der Waals surface area contributed by atoms with Crippen LogP contribution in [0.1, 0.15) is 13.8 Å². The van der Waals surface area contributed by atoms with E-state index in [0.717, 1.165) is 23.8 Å². The predicted molar refractivity (Wildman–Crippen MR) is 101 cm³/mol. The number of fused-ring (bicyclic) bond motifs is 2. The summed E-state index contributed by atoms with van der Waals surface area (Å²) in [5, 5.41) is -1.30. The van der Waals surface area contributed by atoms with Gasteiger partial charge in [0.25, 0.3) is 0 Å². The first-order valence-electron chi connectivity index (χ1n) is 7.10. The molecular weight excluding hydrogens is 378 g/mol. The molecule has 2 aromatic carbocycles. The molecule has 0 fully saturated rings. The second-order valence-corrected chi connectivity index (χ2v) is 21.5. The van der Waals surface area contributed by atoms with Crippen molar-refractivity contribution in [1.29, 1.82) is 0 Å². The molecule has 1 nitrogen and oxygen atoms in total. The van der Waals surface area contributed by atoms with Crippen molar-refractivity contribution in [1.82, 2.24) is 0 Å². The van der Waals surface area contributed by atoms with Crippen molar-refractivity contribution in [3.8, 4) is 11.5 Å². The molecule has 0 aliphatic carbocycles. The van der Waals surface area contributed by atoms with Crippen molar-refractivity contribution >= 4 is 48.9 Å². The van der Waals surface area contributed by atoms with Gasteiger partial charge in [-0.2, -0.15) is 0 Å². The number of ether oxygens (including phenoxy) is 1. The summed E-state index contributed by atoms with van der Waals surface area (Å²) in [5.74, 6) is 2.08. The number of hydrogen-bond donors (Lipinski definition) is 0. The zero-order valence-electron chi connectivity index (χ0n) is 12.2. The Labute approximate surface area is 139 Å². The molecule has 110 valence electrons. The van der Waals surface area contributed by atoms with Crippen LogP contribution in [0.5, 0.6) is 11.5 Å². The molecule has 1 aliphatic heterocycles. The molecule has 0 unspecified atom stereocenters. The Bertz CT molecular complexity index is 651. The topological polar surface area (TPSA) is 9.23 Å². The van der Waals surface area contributed by atoms with E-state index < -0.39 is 18.7 Å². The van der Waals surface area contributed by atoms with E-state index in [0.29, 0.717) is 0 Å². The molecule has 0 saturated heterocycles. The molecule has 0 amide bonds. The van der Waals surface area contributed by atoms with Crippen molar-refractivity contribution in [2.75, 3.05) is 12.3 Å². The van der Waals surface area contributed by atoms with Crippen LogP contribution in [0, 0.1) is 0 Å². The second-order valence-electron chi connectivity index (χ2n) is 4.86. The summed E-state index contributed by atoms with van der Waals surface area (Å²) in [7, 11) is 2.15. The molecule has 0 N–H and O–H groups in total. The second kappa shape index (κ2) is 6.50. The monoisotopic (exact) mass is 396 g/mol. The van der Waals surface area contributed by atoms with Gasteiger partial charge < -0.3 is 0 Å². The van der Waals surface area contributed by atoms with Gasteiger partial charge in [0.2, 0.25) is 0 Å². The van der Waals surface area contributed by atoms with Crippen molar-refractivity contribution in [3.05, 3.63) is 48.5 Å². The van der Waals surface area contributed by atoms with Crippen molar-refractivity contribution < 1.29 is 4.74 Å². The SMILES string of the molecule is CCP(=S)(CC)S[As]1c2ccccc2Oc2ccccc21. The Morgan fingerprint density at radius 3 is 1.90 bits per heavy atom. The molecule has 1 heterocycles. The molecule has 5 heteroatoms. The van der Waals surface area contributed by atoms with E-state index in [1.165, 1.54) is 8.70 Å². The Balaban J connectivity index is 2.09. The molecule has 0 radical (unpaired) electrons. The molecule has 1 aliphatic rings. The minimum atomic E-state index is -1.43. The van der Waals surface area contributed by atoms with E-state index in [1.54, 1.807) is 0 Å². The number of benzene rings is 2. The van der Waals surface area contributed by atoms with Crippen LogP contribution in [0.4, 0.5) is 0 Å². The molecule has 2 aromatic rings. The molecular formula is C16H18AsOPS2. The van der Waals surface area contributed by atoms with Crippen LogP contribution in [0.25, 0.3) is 0 Å². The Hall–Kier alpha value is -0.202. The van der Waals surface area contributed by atoms with Gasteiger partial charge in [0, 0.05) is 0 Å². The van der Waals surface area contributed by atoms with Gasteiger partial charge in [-0.15, -0.1) is 0 Å². The summed E-state index contributed by atoms with van der Waals surface area (Å²) in [4.78, 5) is 0. The van der Waals surface area contributed by atoms with Gasteiger partial charge in [-0.25, -0.2) is 0 Å². The Morgan fingerprint density at radius 2 is 1.43 bits per heavy atom. The molecule has 0 atom stereocenters. The van der Waals surface area contributed by atoms with Gasteiger partial charge in [0.1, 0.15) is 0 Å². The van der Waals surface area contributed by atoms with Crippen LogP contribution in [-0.4, -0.2) is 25.8 Å². The van der Waals surface area contributed by atoms with Crippen LogP contribution in [0.3, 0.4) is 0 Å². The van der Waals surface area contributed by atoms with Gasteiger partial charge in [-0.1, -0.05) is 0 Å². The number of rotatable bonds is 4.